The number of nitrogens with two attached hydrogens (primary N) is 1. The molecule has 38 heavy (non-hydrogen) atoms. The van der Waals surface area contributed by atoms with Gasteiger partial charge < -0.3 is 11.1 Å². The molecule has 0 spiro atoms. The number of amidine groups is 1. The number of benzene rings is 4. The molecule has 0 aromatic heterocycles. The van der Waals surface area contributed by atoms with Crippen molar-refractivity contribution in [1.82, 2.24) is 5.32 Å². The maximum absolute atomic E-state index is 6.48. The van der Waals surface area contributed by atoms with Gasteiger partial charge in [0.25, 0.3) is 0 Å². The monoisotopic (exact) mass is 495 g/mol. The third-order valence-electron chi connectivity index (χ3n) is 6.71. The first-order valence-electron chi connectivity index (χ1n) is 13.2. The molecular weight excluding hydrogens is 462 g/mol. The zero-order valence-electron chi connectivity index (χ0n) is 21.6. The quantitative estimate of drug-likeness (QED) is 0.188. The summed E-state index contributed by atoms with van der Waals surface area (Å²) >= 11 is 0. The first-order valence-corrected chi connectivity index (χ1v) is 13.2. The molecule has 3 nitrogen and oxygen atoms in total. The lowest BCUT2D eigenvalue weighted by Gasteiger charge is -2.14. The Bertz CT molecular complexity index is 1520. The third kappa shape index (κ3) is 6.44. The molecule has 0 heterocycles. The molecule has 4 aromatic rings. The van der Waals surface area contributed by atoms with Crippen LogP contribution in [0.4, 0.5) is 0 Å². The van der Waals surface area contributed by atoms with Crippen molar-refractivity contribution in [2.75, 3.05) is 0 Å². The molecule has 0 radical (unpaired) electrons. The van der Waals surface area contributed by atoms with Crippen LogP contribution in [0.2, 0.25) is 0 Å². The summed E-state index contributed by atoms with van der Waals surface area (Å²) < 4.78 is 0. The van der Waals surface area contributed by atoms with E-state index in [2.05, 4.69) is 109 Å². The number of nitrogens with one attached hydrogen (secondary N) is 1. The Balaban J connectivity index is 1.49. The van der Waals surface area contributed by atoms with Gasteiger partial charge in [0, 0.05) is 18.7 Å². The highest BCUT2D eigenvalue weighted by molar-refractivity contribution is 5.98. The van der Waals surface area contributed by atoms with Gasteiger partial charge in [-0.15, -0.1) is 0 Å². The molecule has 0 atom stereocenters. The van der Waals surface area contributed by atoms with Gasteiger partial charge in [0.15, 0.2) is 0 Å². The standard InChI is InChI=1S/C35H33N3/c36-35(30-18-9-4-10-19-30)38-34(29-16-7-1-2-8-17-29)24-23-33-31(22-21-28-15-11-12-20-32(28)33)26-37-25-27-13-5-3-6-14-27/h1,3-22,24,37H,2,23,25-26H2,(H2,36,38)/b34-24-. The van der Waals surface area contributed by atoms with E-state index in [1.807, 2.05) is 30.3 Å². The molecule has 188 valence electrons. The summed E-state index contributed by atoms with van der Waals surface area (Å²) in [5, 5.41) is 6.15. The molecule has 3 N–H and O–H groups in total. The number of aliphatic imine (C=N–C) groups is 1. The van der Waals surface area contributed by atoms with Crippen LogP contribution in [0.25, 0.3) is 10.8 Å². The second kappa shape index (κ2) is 12.7. The fraction of sp³-hybridized carbons (Fsp3) is 0.114. The summed E-state index contributed by atoms with van der Waals surface area (Å²) in [5.41, 5.74) is 13.2. The van der Waals surface area contributed by atoms with Crippen LogP contribution >= 0.6 is 0 Å². The fourth-order valence-corrected chi connectivity index (χ4v) is 4.71. The van der Waals surface area contributed by atoms with Gasteiger partial charge in [0.05, 0.1) is 5.70 Å². The third-order valence-corrected chi connectivity index (χ3v) is 6.71. The van der Waals surface area contributed by atoms with Crippen molar-refractivity contribution < 1.29 is 0 Å². The molecule has 0 amide bonds. The van der Waals surface area contributed by atoms with Crippen molar-refractivity contribution >= 4 is 16.6 Å². The van der Waals surface area contributed by atoms with E-state index in [1.54, 1.807) is 0 Å². The van der Waals surface area contributed by atoms with E-state index in [-0.39, 0.29) is 0 Å². The summed E-state index contributed by atoms with van der Waals surface area (Å²) in [4.78, 5) is 4.93. The number of rotatable bonds is 9. The van der Waals surface area contributed by atoms with Crippen LogP contribution in [-0.2, 0) is 19.5 Å². The highest BCUT2D eigenvalue weighted by atomic mass is 14.9. The zero-order chi connectivity index (χ0) is 26.0. The van der Waals surface area contributed by atoms with Crippen molar-refractivity contribution in [3.63, 3.8) is 0 Å². The maximum atomic E-state index is 6.48. The Morgan fingerprint density at radius 1 is 0.816 bits per heavy atom. The molecule has 0 saturated carbocycles. The van der Waals surface area contributed by atoms with E-state index in [9.17, 15) is 0 Å². The maximum Gasteiger partial charge on any atom is 0.131 e. The second-order valence-corrected chi connectivity index (χ2v) is 9.36. The smallest absolute Gasteiger partial charge is 0.131 e. The van der Waals surface area contributed by atoms with E-state index < -0.39 is 0 Å². The highest BCUT2D eigenvalue weighted by Crippen LogP contribution is 2.26. The minimum Gasteiger partial charge on any atom is -0.383 e. The number of hydrogen-bond acceptors (Lipinski definition) is 2. The molecular formula is C35H33N3. The number of fused-ring (bicyclic) bond motifs is 1. The van der Waals surface area contributed by atoms with Crippen LogP contribution < -0.4 is 11.1 Å². The van der Waals surface area contributed by atoms with Gasteiger partial charge in [-0.1, -0.05) is 134 Å². The van der Waals surface area contributed by atoms with E-state index in [0.717, 1.165) is 42.8 Å². The number of hydrogen-bond donors (Lipinski definition) is 2. The molecule has 3 heteroatoms. The number of allylic oxidation sites excluding steroid dienone is 6. The van der Waals surface area contributed by atoms with Gasteiger partial charge >= 0.3 is 0 Å². The minimum absolute atomic E-state index is 0.516. The van der Waals surface area contributed by atoms with Gasteiger partial charge in [-0.2, -0.15) is 0 Å². The average molecular weight is 496 g/mol. The number of nitrogens with zero attached hydrogens (tertiary/aromatic N) is 1. The van der Waals surface area contributed by atoms with E-state index in [0.29, 0.717) is 5.84 Å². The summed E-state index contributed by atoms with van der Waals surface area (Å²) in [6.45, 7) is 1.62. The summed E-state index contributed by atoms with van der Waals surface area (Å²) in [6.07, 6.45) is 14.5. The van der Waals surface area contributed by atoms with Crippen LogP contribution in [0.3, 0.4) is 0 Å². The largest absolute Gasteiger partial charge is 0.383 e. The SMILES string of the molecule is N/C(=N\C(=C/Cc1c(CNCc2ccccc2)ccc2ccccc12)C1=CC=CCC=C1)c1ccccc1. The van der Waals surface area contributed by atoms with Crippen molar-refractivity contribution in [2.24, 2.45) is 10.7 Å². The average Bonchev–Trinajstić information content (AvgIpc) is 3.26. The Hall–Kier alpha value is -4.47. The zero-order valence-corrected chi connectivity index (χ0v) is 21.6. The van der Waals surface area contributed by atoms with Gasteiger partial charge in [-0.05, 0) is 45.9 Å². The Morgan fingerprint density at radius 3 is 2.42 bits per heavy atom. The van der Waals surface area contributed by atoms with E-state index in [4.69, 9.17) is 10.7 Å². The minimum atomic E-state index is 0.516. The van der Waals surface area contributed by atoms with Crippen LogP contribution in [-0.4, -0.2) is 5.84 Å². The fourth-order valence-electron chi connectivity index (χ4n) is 4.71. The van der Waals surface area contributed by atoms with Crippen molar-refractivity contribution in [2.45, 2.75) is 25.9 Å². The van der Waals surface area contributed by atoms with Crippen LogP contribution in [0.15, 0.2) is 150 Å². The van der Waals surface area contributed by atoms with Gasteiger partial charge in [0.2, 0.25) is 0 Å². The lowest BCUT2D eigenvalue weighted by atomic mass is 9.95. The first kappa shape index (κ1) is 25.2. The predicted molar refractivity (Wildman–Crippen MR) is 161 cm³/mol. The van der Waals surface area contributed by atoms with Gasteiger partial charge in [0.1, 0.15) is 5.84 Å². The molecule has 0 saturated heterocycles. The molecule has 0 bridgehead atoms. The van der Waals surface area contributed by atoms with Gasteiger partial charge in [-0.3, -0.25) is 0 Å². The molecule has 0 fully saturated rings. The summed E-state index contributed by atoms with van der Waals surface area (Å²) in [5.74, 6) is 0.516. The molecule has 5 rings (SSSR count). The normalized spacial score (nSPS) is 13.9. The van der Waals surface area contributed by atoms with Crippen molar-refractivity contribution in [3.05, 3.63) is 167 Å². The van der Waals surface area contributed by atoms with Crippen LogP contribution in [0.1, 0.15) is 28.7 Å². The highest BCUT2D eigenvalue weighted by Gasteiger charge is 2.10. The lowest BCUT2D eigenvalue weighted by Crippen LogP contribution is -2.14. The first-order chi connectivity index (χ1) is 18.8. The van der Waals surface area contributed by atoms with E-state index in [1.165, 1.54) is 27.5 Å². The second-order valence-electron chi connectivity index (χ2n) is 9.36. The summed E-state index contributed by atoms with van der Waals surface area (Å²) in [6, 6.07) is 33.5. The topological polar surface area (TPSA) is 50.4 Å². The summed E-state index contributed by atoms with van der Waals surface area (Å²) in [7, 11) is 0. The van der Waals surface area contributed by atoms with Crippen molar-refractivity contribution in [3.8, 4) is 0 Å². The van der Waals surface area contributed by atoms with Crippen LogP contribution in [0, 0.1) is 0 Å². The molecule has 0 unspecified atom stereocenters. The molecule has 1 aliphatic rings. The van der Waals surface area contributed by atoms with Gasteiger partial charge in [-0.25, -0.2) is 4.99 Å². The molecule has 4 aromatic carbocycles. The van der Waals surface area contributed by atoms with E-state index >= 15 is 0 Å². The Labute approximate surface area is 225 Å². The Morgan fingerprint density at radius 2 is 1.58 bits per heavy atom. The molecule has 0 aliphatic heterocycles. The lowest BCUT2D eigenvalue weighted by molar-refractivity contribution is 0.690. The molecule has 1 aliphatic carbocycles. The van der Waals surface area contributed by atoms with Crippen molar-refractivity contribution in [1.29, 1.82) is 0 Å². The predicted octanol–water partition coefficient (Wildman–Crippen LogP) is 7.40. The van der Waals surface area contributed by atoms with Crippen LogP contribution in [0.5, 0.6) is 0 Å². The Kier molecular flexibility index (Phi) is 8.40.